The van der Waals surface area contributed by atoms with Crippen LogP contribution in [0, 0.1) is 0 Å². The summed E-state index contributed by atoms with van der Waals surface area (Å²) in [5, 5.41) is 0. The molecule has 0 amide bonds. The van der Waals surface area contributed by atoms with Crippen LogP contribution >= 0.6 is 0 Å². The van der Waals surface area contributed by atoms with E-state index in [1.54, 1.807) is 13.0 Å². The third-order valence-electron chi connectivity index (χ3n) is 1.49. The van der Waals surface area contributed by atoms with Crippen LogP contribution in [0.25, 0.3) is 0 Å². The Balaban J connectivity index is 2.49. The Morgan fingerprint density at radius 2 is 2.45 bits per heavy atom. The summed E-state index contributed by atoms with van der Waals surface area (Å²) in [4.78, 5) is 10.9. The summed E-state index contributed by atoms with van der Waals surface area (Å²) in [6.45, 7) is 4.20. The Morgan fingerprint density at radius 3 is 3.00 bits per heavy atom. The molecular weight excluding hydrogens is 144 g/mol. The molecule has 1 aliphatic rings. The summed E-state index contributed by atoms with van der Waals surface area (Å²) < 4.78 is 10.3. The molecular formula is C8H12O3. The molecule has 0 fully saturated rings. The van der Waals surface area contributed by atoms with Crippen LogP contribution in [0.4, 0.5) is 0 Å². The third-order valence-corrected chi connectivity index (χ3v) is 1.49. The molecule has 0 aromatic rings. The molecule has 0 saturated heterocycles. The first-order chi connectivity index (χ1) is 5.24. The maximum atomic E-state index is 10.9. The van der Waals surface area contributed by atoms with E-state index in [9.17, 15) is 4.79 Å². The van der Waals surface area contributed by atoms with Crippen LogP contribution in [0.1, 0.15) is 13.8 Å². The monoisotopic (exact) mass is 156 g/mol. The largest absolute Gasteiger partial charge is 0.349 e. The fourth-order valence-corrected chi connectivity index (χ4v) is 0.882. The van der Waals surface area contributed by atoms with Crippen LogP contribution < -0.4 is 0 Å². The zero-order chi connectivity index (χ0) is 8.27. The average Bonchev–Trinajstić information content (AvgIpc) is 1.98. The van der Waals surface area contributed by atoms with Crippen LogP contribution in [0.15, 0.2) is 12.2 Å². The van der Waals surface area contributed by atoms with Crippen LogP contribution in [-0.4, -0.2) is 24.8 Å². The van der Waals surface area contributed by atoms with Gasteiger partial charge in [-0.05, 0) is 26.0 Å². The second-order valence-electron chi connectivity index (χ2n) is 2.36. The lowest BCUT2D eigenvalue weighted by atomic mass is 10.2. The molecule has 62 valence electrons. The predicted molar refractivity (Wildman–Crippen MR) is 40.1 cm³/mol. The fourth-order valence-electron chi connectivity index (χ4n) is 0.882. The van der Waals surface area contributed by atoms with Gasteiger partial charge in [-0.25, -0.2) is 0 Å². The van der Waals surface area contributed by atoms with Crippen molar-refractivity contribution in [2.45, 2.75) is 26.2 Å². The Morgan fingerprint density at radius 1 is 1.73 bits per heavy atom. The molecule has 3 nitrogen and oxygen atoms in total. The summed E-state index contributed by atoms with van der Waals surface area (Å²) in [6.07, 6.45) is 2.43. The SMILES string of the molecule is CCOC1C=CC(=O)C(C)O1. The lowest BCUT2D eigenvalue weighted by molar-refractivity contribution is -0.158. The maximum Gasteiger partial charge on any atom is 0.184 e. The van der Waals surface area contributed by atoms with E-state index in [1.165, 1.54) is 6.08 Å². The molecule has 1 heterocycles. The number of carbonyl (C=O) groups excluding carboxylic acids is 1. The predicted octanol–water partition coefficient (Wildman–Crippen LogP) is 0.893. The first kappa shape index (κ1) is 8.43. The molecule has 1 aliphatic heterocycles. The Kier molecular flexibility index (Phi) is 2.79. The van der Waals surface area contributed by atoms with Gasteiger partial charge < -0.3 is 9.47 Å². The van der Waals surface area contributed by atoms with Crippen molar-refractivity contribution in [3.8, 4) is 0 Å². The number of ether oxygens (including phenoxy) is 2. The van der Waals surface area contributed by atoms with Crippen LogP contribution in [-0.2, 0) is 14.3 Å². The first-order valence-corrected chi connectivity index (χ1v) is 3.73. The quantitative estimate of drug-likeness (QED) is 0.595. The van der Waals surface area contributed by atoms with Crippen molar-refractivity contribution in [1.82, 2.24) is 0 Å². The molecule has 0 spiro atoms. The molecule has 1 rings (SSSR count). The van der Waals surface area contributed by atoms with Crippen molar-refractivity contribution in [2.24, 2.45) is 0 Å². The molecule has 0 aromatic heterocycles. The van der Waals surface area contributed by atoms with Gasteiger partial charge in [0, 0.05) is 6.61 Å². The molecule has 3 heteroatoms. The maximum absolute atomic E-state index is 10.9. The Labute approximate surface area is 66.0 Å². The van der Waals surface area contributed by atoms with Crippen molar-refractivity contribution in [2.75, 3.05) is 6.61 Å². The minimum Gasteiger partial charge on any atom is -0.349 e. The van der Waals surface area contributed by atoms with Crippen molar-refractivity contribution in [1.29, 1.82) is 0 Å². The van der Waals surface area contributed by atoms with Crippen molar-refractivity contribution in [3.63, 3.8) is 0 Å². The highest BCUT2D eigenvalue weighted by molar-refractivity contribution is 5.93. The second-order valence-corrected chi connectivity index (χ2v) is 2.36. The number of hydrogen-bond acceptors (Lipinski definition) is 3. The second kappa shape index (κ2) is 3.64. The fraction of sp³-hybridized carbons (Fsp3) is 0.625. The number of carbonyl (C=O) groups is 1. The number of hydrogen-bond donors (Lipinski definition) is 0. The molecule has 2 atom stereocenters. The van der Waals surface area contributed by atoms with E-state index in [1.807, 2.05) is 6.92 Å². The van der Waals surface area contributed by atoms with Gasteiger partial charge in [0.15, 0.2) is 12.1 Å². The van der Waals surface area contributed by atoms with Gasteiger partial charge in [-0.2, -0.15) is 0 Å². The van der Waals surface area contributed by atoms with Gasteiger partial charge >= 0.3 is 0 Å². The van der Waals surface area contributed by atoms with Crippen LogP contribution in [0.5, 0.6) is 0 Å². The molecule has 0 N–H and O–H groups in total. The molecule has 0 aromatic carbocycles. The molecule has 0 radical (unpaired) electrons. The average molecular weight is 156 g/mol. The minimum absolute atomic E-state index is 0.000882. The minimum atomic E-state index is -0.364. The van der Waals surface area contributed by atoms with E-state index >= 15 is 0 Å². The summed E-state index contributed by atoms with van der Waals surface area (Å²) in [6, 6.07) is 0. The lowest BCUT2D eigenvalue weighted by Crippen LogP contribution is -2.30. The highest BCUT2D eigenvalue weighted by Crippen LogP contribution is 2.09. The van der Waals surface area contributed by atoms with Crippen molar-refractivity contribution >= 4 is 5.78 Å². The van der Waals surface area contributed by atoms with Gasteiger partial charge in [0.05, 0.1) is 0 Å². The first-order valence-electron chi connectivity index (χ1n) is 3.73. The van der Waals surface area contributed by atoms with Gasteiger partial charge in [-0.3, -0.25) is 4.79 Å². The molecule has 0 aliphatic carbocycles. The molecule has 11 heavy (non-hydrogen) atoms. The summed E-state index contributed by atoms with van der Waals surface area (Å²) >= 11 is 0. The normalized spacial score (nSPS) is 30.9. The van der Waals surface area contributed by atoms with Gasteiger partial charge in [-0.15, -0.1) is 0 Å². The molecule has 0 bridgehead atoms. The molecule has 0 saturated carbocycles. The molecule has 2 unspecified atom stereocenters. The summed E-state index contributed by atoms with van der Waals surface area (Å²) in [5.41, 5.74) is 0. The van der Waals surface area contributed by atoms with Crippen LogP contribution in [0.3, 0.4) is 0 Å². The standard InChI is InChI=1S/C8H12O3/c1-3-10-8-5-4-7(9)6(2)11-8/h4-6,8H,3H2,1-2H3. The third kappa shape index (κ3) is 2.13. The Bertz CT molecular complexity index is 174. The van der Waals surface area contributed by atoms with Gasteiger partial charge in [0.25, 0.3) is 0 Å². The van der Waals surface area contributed by atoms with E-state index in [-0.39, 0.29) is 18.2 Å². The van der Waals surface area contributed by atoms with Crippen LogP contribution in [0.2, 0.25) is 0 Å². The summed E-state index contributed by atoms with van der Waals surface area (Å²) in [5.74, 6) is 0.000882. The summed E-state index contributed by atoms with van der Waals surface area (Å²) in [7, 11) is 0. The van der Waals surface area contributed by atoms with Gasteiger partial charge in [0.2, 0.25) is 0 Å². The van der Waals surface area contributed by atoms with E-state index in [4.69, 9.17) is 9.47 Å². The van der Waals surface area contributed by atoms with E-state index in [0.29, 0.717) is 6.61 Å². The highest BCUT2D eigenvalue weighted by atomic mass is 16.7. The Hall–Kier alpha value is -0.670. The lowest BCUT2D eigenvalue weighted by Gasteiger charge is -2.21. The van der Waals surface area contributed by atoms with Gasteiger partial charge in [0.1, 0.15) is 6.10 Å². The number of ketones is 1. The topological polar surface area (TPSA) is 35.5 Å². The highest BCUT2D eigenvalue weighted by Gasteiger charge is 2.20. The van der Waals surface area contributed by atoms with E-state index in [2.05, 4.69) is 0 Å². The van der Waals surface area contributed by atoms with E-state index in [0.717, 1.165) is 0 Å². The zero-order valence-corrected chi connectivity index (χ0v) is 6.74. The zero-order valence-electron chi connectivity index (χ0n) is 6.74. The number of rotatable bonds is 2. The van der Waals surface area contributed by atoms with Crippen molar-refractivity contribution in [3.05, 3.63) is 12.2 Å². The van der Waals surface area contributed by atoms with E-state index < -0.39 is 0 Å². The van der Waals surface area contributed by atoms with Gasteiger partial charge in [-0.1, -0.05) is 0 Å². The smallest absolute Gasteiger partial charge is 0.184 e. The van der Waals surface area contributed by atoms with Crippen molar-refractivity contribution < 1.29 is 14.3 Å².